The molecule has 0 heterocycles. The monoisotopic (exact) mass is 167 g/mol. The molecule has 0 spiro atoms. The summed E-state index contributed by atoms with van der Waals surface area (Å²) < 4.78 is 12.8. The first-order valence-electron chi connectivity index (χ1n) is 3.63. The Hall–Kier alpha value is 0.180. The number of alkyl halides is 1. The zero-order valence-corrected chi connectivity index (χ0v) is 7.09. The van der Waals surface area contributed by atoms with E-state index < -0.39 is 6.17 Å². The lowest BCUT2D eigenvalue weighted by molar-refractivity contribution is 0.148. The summed E-state index contributed by atoms with van der Waals surface area (Å²) in [5, 5.41) is 2.84. The van der Waals surface area contributed by atoms with E-state index in [1.165, 1.54) is 6.42 Å². The van der Waals surface area contributed by atoms with Crippen LogP contribution < -0.4 is 5.32 Å². The van der Waals surface area contributed by atoms with Crippen LogP contribution in [-0.4, -0.2) is 19.8 Å². The molecule has 62 valence electrons. The average molecular weight is 168 g/mol. The van der Waals surface area contributed by atoms with Crippen LogP contribution in [0.3, 0.4) is 0 Å². The van der Waals surface area contributed by atoms with Gasteiger partial charge in [-0.15, -0.1) is 12.4 Å². The molecule has 0 saturated heterocycles. The number of hydrogen-bond acceptors (Lipinski definition) is 1. The van der Waals surface area contributed by atoms with Crippen LogP contribution in [0.1, 0.15) is 19.3 Å². The van der Waals surface area contributed by atoms with E-state index in [1.54, 1.807) is 7.05 Å². The van der Waals surface area contributed by atoms with E-state index in [9.17, 15) is 4.39 Å². The first-order chi connectivity index (χ1) is 4.34. The van der Waals surface area contributed by atoms with Crippen LogP contribution in [0.5, 0.6) is 0 Å². The van der Waals surface area contributed by atoms with E-state index in [0.29, 0.717) is 12.5 Å². The first kappa shape index (κ1) is 10.2. The third-order valence-electron chi connectivity index (χ3n) is 2.06. The smallest absolute Gasteiger partial charge is 0.115 e. The lowest BCUT2D eigenvalue weighted by atomic mass is 9.82. The molecular weight excluding hydrogens is 153 g/mol. The van der Waals surface area contributed by atoms with Gasteiger partial charge in [0.15, 0.2) is 0 Å². The minimum atomic E-state index is -0.594. The van der Waals surface area contributed by atoms with Crippen molar-refractivity contribution in [2.75, 3.05) is 13.6 Å². The maximum Gasteiger partial charge on any atom is 0.115 e. The standard InChI is InChI=1S/C7H14FN.ClH/c1-9-5-7(8)6-3-2-4-6;/h6-7,9H,2-5H2,1H3;1H. The molecule has 3 heteroatoms. The zero-order valence-electron chi connectivity index (χ0n) is 6.27. The summed E-state index contributed by atoms with van der Waals surface area (Å²) in [5.41, 5.74) is 0. The molecule has 0 aromatic rings. The van der Waals surface area contributed by atoms with E-state index >= 15 is 0 Å². The molecule has 1 aliphatic rings. The molecule has 1 atom stereocenters. The third-order valence-corrected chi connectivity index (χ3v) is 2.06. The zero-order chi connectivity index (χ0) is 6.69. The van der Waals surface area contributed by atoms with Crippen molar-refractivity contribution in [2.45, 2.75) is 25.4 Å². The molecule has 1 aliphatic carbocycles. The van der Waals surface area contributed by atoms with E-state index in [-0.39, 0.29) is 12.4 Å². The van der Waals surface area contributed by atoms with Gasteiger partial charge < -0.3 is 5.32 Å². The highest BCUT2D eigenvalue weighted by atomic mass is 35.5. The summed E-state index contributed by atoms with van der Waals surface area (Å²) in [6.45, 7) is 0.532. The number of nitrogens with one attached hydrogen (secondary N) is 1. The van der Waals surface area contributed by atoms with Gasteiger partial charge in [-0.2, -0.15) is 0 Å². The van der Waals surface area contributed by atoms with E-state index in [1.807, 2.05) is 0 Å². The van der Waals surface area contributed by atoms with Crippen LogP contribution in [0, 0.1) is 5.92 Å². The SMILES string of the molecule is CNCC(F)C1CCC1.Cl. The van der Waals surface area contributed by atoms with Gasteiger partial charge in [0.2, 0.25) is 0 Å². The van der Waals surface area contributed by atoms with Gasteiger partial charge in [0, 0.05) is 6.54 Å². The lowest BCUT2D eigenvalue weighted by Crippen LogP contribution is -2.31. The van der Waals surface area contributed by atoms with Gasteiger partial charge in [0.05, 0.1) is 0 Å². The Morgan fingerprint density at radius 2 is 2.20 bits per heavy atom. The molecule has 0 aromatic carbocycles. The van der Waals surface area contributed by atoms with E-state index in [2.05, 4.69) is 5.32 Å². The Balaban J connectivity index is 0.000000810. The highest BCUT2D eigenvalue weighted by molar-refractivity contribution is 5.85. The molecule has 1 rings (SSSR count). The van der Waals surface area contributed by atoms with Crippen molar-refractivity contribution >= 4 is 12.4 Å². The predicted octanol–water partition coefficient (Wildman–Crippen LogP) is 1.77. The molecule has 1 N–H and O–H groups in total. The van der Waals surface area contributed by atoms with Crippen molar-refractivity contribution < 1.29 is 4.39 Å². The minimum absolute atomic E-state index is 0. The molecule has 10 heavy (non-hydrogen) atoms. The second-order valence-electron chi connectivity index (χ2n) is 2.76. The van der Waals surface area contributed by atoms with Crippen molar-refractivity contribution in [1.82, 2.24) is 5.32 Å². The molecule has 1 saturated carbocycles. The summed E-state index contributed by atoms with van der Waals surface area (Å²) >= 11 is 0. The fourth-order valence-electron chi connectivity index (χ4n) is 1.16. The van der Waals surface area contributed by atoms with Crippen molar-refractivity contribution in [3.63, 3.8) is 0 Å². The summed E-state index contributed by atoms with van der Waals surface area (Å²) in [6, 6.07) is 0. The van der Waals surface area contributed by atoms with Gasteiger partial charge in [-0.25, -0.2) is 4.39 Å². The molecule has 1 nitrogen and oxygen atoms in total. The van der Waals surface area contributed by atoms with Gasteiger partial charge in [-0.3, -0.25) is 0 Å². The second-order valence-corrected chi connectivity index (χ2v) is 2.76. The van der Waals surface area contributed by atoms with Crippen LogP contribution >= 0.6 is 12.4 Å². The van der Waals surface area contributed by atoms with Crippen molar-refractivity contribution in [2.24, 2.45) is 5.92 Å². The second kappa shape index (κ2) is 4.91. The Morgan fingerprint density at radius 1 is 1.60 bits per heavy atom. The van der Waals surface area contributed by atoms with Crippen molar-refractivity contribution in [3.05, 3.63) is 0 Å². The topological polar surface area (TPSA) is 12.0 Å². The fourth-order valence-corrected chi connectivity index (χ4v) is 1.16. The normalized spacial score (nSPS) is 21.0. The minimum Gasteiger partial charge on any atom is -0.317 e. The molecular formula is C7H15ClFN. The molecule has 1 unspecified atom stereocenters. The highest BCUT2D eigenvalue weighted by Gasteiger charge is 2.25. The van der Waals surface area contributed by atoms with Crippen LogP contribution in [-0.2, 0) is 0 Å². The van der Waals surface area contributed by atoms with Gasteiger partial charge >= 0.3 is 0 Å². The third kappa shape index (κ3) is 2.43. The predicted molar refractivity (Wildman–Crippen MR) is 43.4 cm³/mol. The maximum atomic E-state index is 12.8. The molecule has 0 aromatic heterocycles. The number of hydrogen-bond donors (Lipinski definition) is 1. The lowest BCUT2D eigenvalue weighted by Gasteiger charge is -2.28. The fraction of sp³-hybridized carbons (Fsp3) is 1.00. The molecule has 0 amide bonds. The Labute approximate surface area is 67.8 Å². The summed E-state index contributed by atoms with van der Waals surface area (Å²) in [4.78, 5) is 0. The number of halogens is 2. The van der Waals surface area contributed by atoms with Crippen LogP contribution in [0.15, 0.2) is 0 Å². The van der Waals surface area contributed by atoms with Crippen molar-refractivity contribution in [1.29, 1.82) is 0 Å². The van der Waals surface area contributed by atoms with E-state index in [0.717, 1.165) is 12.8 Å². The summed E-state index contributed by atoms with van der Waals surface area (Å²) in [5.74, 6) is 0.373. The Morgan fingerprint density at radius 3 is 2.50 bits per heavy atom. The highest BCUT2D eigenvalue weighted by Crippen LogP contribution is 2.30. The average Bonchev–Trinajstić information content (AvgIpc) is 1.60. The van der Waals surface area contributed by atoms with Crippen molar-refractivity contribution in [3.8, 4) is 0 Å². The van der Waals surface area contributed by atoms with Gasteiger partial charge in [0.1, 0.15) is 6.17 Å². The molecule has 0 bridgehead atoms. The van der Waals surface area contributed by atoms with Gasteiger partial charge in [0.25, 0.3) is 0 Å². The molecule has 0 radical (unpaired) electrons. The molecule has 1 fully saturated rings. The van der Waals surface area contributed by atoms with Crippen LogP contribution in [0.25, 0.3) is 0 Å². The van der Waals surface area contributed by atoms with E-state index in [4.69, 9.17) is 0 Å². The number of rotatable bonds is 3. The summed E-state index contributed by atoms with van der Waals surface area (Å²) in [7, 11) is 1.80. The quantitative estimate of drug-likeness (QED) is 0.676. The largest absolute Gasteiger partial charge is 0.317 e. The Kier molecular flexibility index (Phi) is 5.00. The van der Waals surface area contributed by atoms with Gasteiger partial charge in [-0.05, 0) is 25.8 Å². The summed E-state index contributed by atoms with van der Waals surface area (Å²) in [6.07, 6.45) is 2.84. The Bertz CT molecular complexity index is 85.7. The van der Waals surface area contributed by atoms with Crippen LogP contribution in [0.4, 0.5) is 4.39 Å². The maximum absolute atomic E-state index is 12.8. The molecule has 0 aliphatic heterocycles. The van der Waals surface area contributed by atoms with Crippen LogP contribution in [0.2, 0.25) is 0 Å². The van der Waals surface area contributed by atoms with Gasteiger partial charge in [-0.1, -0.05) is 6.42 Å². The first-order valence-corrected chi connectivity index (χ1v) is 3.63.